The van der Waals surface area contributed by atoms with Crippen LogP contribution in [0.2, 0.25) is 0 Å². The van der Waals surface area contributed by atoms with Crippen LogP contribution in [0, 0.1) is 32.1 Å². The summed E-state index contributed by atoms with van der Waals surface area (Å²) in [5.74, 6) is -0.352. The molecule has 102 valence electrons. The number of benzene rings is 2. The Bertz CT molecular complexity index is 742. The van der Waals surface area contributed by atoms with Gasteiger partial charge in [-0.15, -0.1) is 0 Å². The molecule has 0 radical (unpaired) electrons. The van der Waals surface area contributed by atoms with Crippen molar-refractivity contribution in [3.63, 3.8) is 0 Å². The average Bonchev–Trinajstić information content (AvgIpc) is 2.42. The van der Waals surface area contributed by atoms with Crippen LogP contribution in [0.3, 0.4) is 0 Å². The lowest BCUT2D eigenvalue weighted by Gasteiger charge is -2.15. The summed E-state index contributed by atoms with van der Waals surface area (Å²) < 4.78 is 5.28. The molecule has 0 heterocycles. The number of carbonyl (C=O) groups is 1. The van der Waals surface area contributed by atoms with Crippen molar-refractivity contribution < 1.29 is 14.6 Å². The maximum Gasteiger partial charge on any atom is 0.336 e. The molecule has 0 aliphatic carbocycles. The Labute approximate surface area is 117 Å². The minimum atomic E-state index is -0.923. The molecule has 0 unspecified atom stereocenters. The number of hydrogen-bond donors (Lipinski definition) is 1. The highest BCUT2D eigenvalue weighted by atomic mass is 16.5. The topological polar surface area (TPSA) is 70.3 Å². The van der Waals surface area contributed by atoms with E-state index in [1.807, 2.05) is 26.0 Å². The van der Waals surface area contributed by atoms with Gasteiger partial charge in [0, 0.05) is 0 Å². The van der Waals surface area contributed by atoms with Crippen LogP contribution in [0.15, 0.2) is 18.2 Å². The molecular weight excluding hydrogens is 254 g/mol. The largest absolute Gasteiger partial charge is 0.479 e. The Morgan fingerprint density at radius 3 is 2.50 bits per heavy atom. The molecule has 0 fully saturated rings. The van der Waals surface area contributed by atoms with E-state index in [-0.39, 0.29) is 6.61 Å². The fourth-order valence-electron chi connectivity index (χ4n) is 2.49. The molecule has 2 aromatic carbocycles. The summed E-state index contributed by atoms with van der Waals surface area (Å²) in [7, 11) is 0. The zero-order chi connectivity index (χ0) is 14.9. The van der Waals surface area contributed by atoms with Crippen LogP contribution in [0.5, 0.6) is 5.75 Å². The number of nitrogens with zero attached hydrogens (tertiary/aromatic N) is 1. The van der Waals surface area contributed by atoms with Crippen molar-refractivity contribution in [3.05, 3.63) is 40.5 Å². The lowest BCUT2D eigenvalue weighted by molar-refractivity contribution is 0.0695. The smallest absolute Gasteiger partial charge is 0.336 e. The molecule has 0 bridgehead atoms. The summed E-state index contributed by atoms with van der Waals surface area (Å²) >= 11 is 0. The maximum atomic E-state index is 11.4. The highest BCUT2D eigenvalue weighted by Crippen LogP contribution is 2.32. The standard InChI is InChI=1S/C16H15NO3/c1-9-10(2)15(16(18)19)11(3)14-8-12(20-7-6-17)4-5-13(9)14/h4-5,8H,7H2,1-3H3,(H,18,19). The average molecular weight is 269 g/mol. The van der Waals surface area contributed by atoms with Crippen LogP contribution in [-0.4, -0.2) is 17.7 Å². The summed E-state index contributed by atoms with van der Waals surface area (Å²) in [4.78, 5) is 11.4. The molecule has 1 N–H and O–H groups in total. The highest BCUT2D eigenvalue weighted by Gasteiger charge is 2.17. The predicted octanol–water partition coefficient (Wildman–Crippen LogP) is 3.37. The number of rotatable bonds is 3. The quantitative estimate of drug-likeness (QED) is 0.927. The molecule has 0 aliphatic rings. The van der Waals surface area contributed by atoms with Crippen LogP contribution >= 0.6 is 0 Å². The number of fused-ring (bicyclic) bond motifs is 1. The van der Waals surface area contributed by atoms with Crippen LogP contribution in [-0.2, 0) is 0 Å². The summed E-state index contributed by atoms with van der Waals surface area (Å²) in [6.07, 6.45) is 0. The third-order valence-electron chi connectivity index (χ3n) is 3.63. The van der Waals surface area contributed by atoms with Gasteiger partial charge >= 0.3 is 5.97 Å². The first-order valence-corrected chi connectivity index (χ1v) is 6.24. The van der Waals surface area contributed by atoms with Gasteiger partial charge in [-0.3, -0.25) is 0 Å². The van der Waals surface area contributed by atoms with E-state index < -0.39 is 5.97 Å². The highest BCUT2D eigenvalue weighted by molar-refractivity contribution is 6.01. The van der Waals surface area contributed by atoms with Gasteiger partial charge in [-0.2, -0.15) is 5.26 Å². The fourth-order valence-corrected chi connectivity index (χ4v) is 2.49. The van der Waals surface area contributed by atoms with Gasteiger partial charge in [0.2, 0.25) is 0 Å². The van der Waals surface area contributed by atoms with Crippen LogP contribution < -0.4 is 4.74 Å². The molecule has 0 atom stereocenters. The molecule has 0 aromatic heterocycles. The molecule has 20 heavy (non-hydrogen) atoms. The second-order valence-corrected chi connectivity index (χ2v) is 4.71. The van der Waals surface area contributed by atoms with Crippen molar-refractivity contribution in [2.24, 2.45) is 0 Å². The first-order valence-electron chi connectivity index (χ1n) is 6.24. The van der Waals surface area contributed by atoms with Gasteiger partial charge in [0.1, 0.15) is 11.8 Å². The third-order valence-corrected chi connectivity index (χ3v) is 3.63. The van der Waals surface area contributed by atoms with Crippen LogP contribution in [0.25, 0.3) is 10.8 Å². The summed E-state index contributed by atoms with van der Waals surface area (Å²) in [6, 6.07) is 7.41. The van der Waals surface area contributed by atoms with Crippen LogP contribution in [0.4, 0.5) is 0 Å². The number of hydrogen-bond acceptors (Lipinski definition) is 3. The fraction of sp³-hybridized carbons (Fsp3) is 0.250. The minimum absolute atomic E-state index is 0.0266. The monoisotopic (exact) mass is 269 g/mol. The van der Waals surface area contributed by atoms with Crippen molar-refractivity contribution in [1.29, 1.82) is 5.26 Å². The number of carboxylic acid groups (broad SMARTS) is 1. The maximum absolute atomic E-state index is 11.4. The molecule has 2 rings (SSSR count). The SMILES string of the molecule is Cc1c(C(=O)O)c(C)c2cc(OCC#N)ccc2c1C. The Balaban J connectivity index is 2.74. The molecule has 0 aliphatic heterocycles. The molecule has 0 spiro atoms. The van der Waals surface area contributed by atoms with E-state index in [4.69, 9.17) is 10.00 Å². The Kier molecular flexibility index (Phi) is 3.62. The number of carboxylic acids is 1. The van der Waals surface area contributed by atoms with Gasteiger partial charge in [-0.1, -0.05) is 6.07 Å². The van der Waals surface area contributed by atoms with Gasteiger partial charge in [0.25, 0.3) is 0 Å². The normalized spacial score (nSPS) is 10.3. The van der Waals surface area contributed by atoms with E-state index in [1.165, 1.54) is 0 Å². The van der Waals surface area contributed by atoms with Crippen molar-refractivity contribution >= 4 is 16.7 Å². The van der Waals surface area contributed by atoms with E-state index in [1.54, 1.807) is 19.1 Å². The molecule has 0 saturated carbocycles. The Morgan fingerprint density at radius 1 is 1.20 bits per heavy atom. The Morgan fingerprint density at radius 2 is 1.90 bits per heavy atom. The van der Waals surface area contributed by atoms with Crippen molar-refractivity contribution in [1.82, 2.24) is 0 Å². The lowest BCUT2D eigenvalue weighted by Crippen LogP contribution is -2.06. The van der Waals surface area contributed by atoms with E-state index in [2.05, 4.69) is 0 Å². The molecule has 4 nitrogen and oxygen atoms in total. The zero-order valence-corrected chi connectivity index (χ0v) is 11.7. The second-order valence-electron chi connectivity index (χ2n) is 4.71. The third kappa shape index (κ3) is 2.19. The molecule has 4 heteroatoms. The molecule has 0 saturated heterocycles. The second kappa shape index (κ2) is 5.22. The number of aryl methyl sites for hydroxylation is 2. The first kappa shape index (κ1) is 13.9. The molecular formula is C16H15NO3. The summed E-state index contributed by atoms with van der Waals surface area (Å²) in [5, 5.41) is 19.8. The predicted molar refractivity (Wildman–Crippen MR) is 76.2 cm³/mol. The summed E-state index contributed by atoms with van der Waals surface area (Å²) in [5.41, 5.74) is 2.80. The van der Waals surface area contributed by atoms with E-state index in [0.717, 1.165) is 27.5 Å². The van der Waals surface area contributed by atoms with Crippen molar-refractivity contribution in [2.45, 2.75) is 20.8 Å². The summed E-state index contributed by atoms with van der Waals surface area (Å²) in [6.45, 7) is 5.51. The number of ether oxygens (including phenoxy) is 1. The zero-order valence-electron chi connectivity index (χ0n) is 11.7. The van der Waals surface area contributed by atoms with E-state index >= 15 is 0 Å². The first-order chi connectivity index (χ1) is 9.47. The van der Waals surface area contributed by atoms with E-state index in [0.29, 0.717) is 11.3 Å². The molecule has 0 amide bonds. The van der Waals surface area contributed by atoms with Crippen LogP contribution in [0.1, 0.15) is 27.0 Å². The van der Waals surface area contributed by atoms with Gasteiger partial charge in [0.05, 0.1) is 5.56 Å². The van der Waals surface area contributed by atoms with Crippen molar-refractivity contribution in [3.8, 4) is 11.8 Å². The minimum Gasteiger partial charge on any atom is -0.479 e. The number of aromatic carboxylic acids is 1. The van der Waals surface area contributed by atoms with Crippen molar-refractivity contribution in [2.75, 3.05) is 6.61 Å². The van der Waals surface area contributed by atoms with Gasteiger partial charge in [-0.25, -0.2) is 4.79 Å². The molecule has 2 aromatic rings. The van der Waals surface area contributed by atoms with Gasteiger partial charge in [-0.05, 0) is 60.4 Å². The Hall–Kier alpha value is -2.54. The lowest BCUT2D eigenvalue weighted by atomic mass is 9.91. The van der Waals surface area contributed by atoms with E-state index in [9.17, 15) is 9.90 Å². The number of nitriles is 1. The van der Waals surface area contributed by atoms with Gasteiger partial charge < -0.3 is 9.84 Å². The van der Waals surface area contributed by atoms with Gasteiger partial charge in [0.15, 0.2) is 6.61 Å².